The third-order valence-corrected chi connectivity index (χ3v) is 0. The van der Waals surface area contributed by atoms with Crippen LogP contribution in [0.4, 0.5) is 0 Å². The van der Waals surface area contributed by atoms with E-state index in [4.69, 9.17) is 2.74 Å². The normalized spacial score (nSPS) is 17.0. The molecule has 0 aromatic carbocycles. The van der Waals surface area contributed by atoms with Crippen molar-refractivity contribution in [3.8, 4) is 0 Å². The van der Waals surface area contributed by atoms with Crippen LogP contribution in [0.5, 0.6) is 0 Å². The monoisotopic (exact) mass is 61.1 g/mol. The molecule has 1 heteroatoms. The van der Waals surface area contributed by atoms with E-state index in [-0.39, 0.29) is 0 Å². The number of hydrogen-bond acceptors (Lipinski definition) is 1. The smallest absolute Gasteiger partial charge is 0.0394 e. The first-order chi connectivity index (χ1) is 2.64. The maximum Gasteiger partial charge on any atom is 0.0394 e. The predicted molar refractivity (Wildman–Crippen MR) is 19.6 cm³/mol. The first-order valence-electron chi connectivity index (χ1n) is 2.31. The molecule has 4 heavy (non-hydrogen) atoms. The highest BCUT2D eigenvalue weighted by Gasteiger charge is 1.58. The van der Waals surface area contributed by atoms with Crippen molar-refractivity contribution in [1.82, 2.24) is 4.90 Å². The zero-order chi connectivity index (χ0) is 5.15. The second-order valence-corrected chi connectivity index (χ2v) is 0.964. The first-order valence-corrected chi connectivity index (χ1v) is 1.15. The van der Waals surface area contributed by atoms with Gasteiger partial charge in [-0.05, 0) is 21.1 Å². The maximum absolute atomic E-state index is 6.62. The van der Waals surface area contributed by atoms with Crippen LogP contribution in [0.3, 0.4) is 0 Å². The summed E-state index contributed by atoms with van der Waals surface area (Å²) < 4.78 is 13.2. The number of nitrogens with zero attached hydrogens (tertiary/aromatic N) is 1. The molecule has 1 nitrogen and oxygen atoms in total. The van der Waals surface area contributed by atoms with Crippen molar-refractivity contribution in [2.75, 3.05) is 21.1 Å². The minimum atomic E-state index is -0.815. The van der Waals surface area contributed by atoms with Crippen LogP contribution in [-0.4, -0.2) is 26.0 Å². The lowest BCUT2D eigenvalue weighted by atomic mass is 11.0. The van der Waals surface area contributed by atoms with E-state index in [1.54, 1.807) is 14.1 Å². The van der Waals surface area contributed by atoms with Crippen molar-refractivity contribution in [3.63, 3.8) is 0 Å². The Balaban J connectivity index is 2.99. The first kappa shape index (κ1) is 1.41. The molecule has 0 fully saturated rings. The van der Waals surface area contributed by atoms with Gasteiger partial charge >= 0.3 is 0 Å². The van der Waals surface area contributed by atoms with E-state index in [2.05, 4.69) is 0 Å². The summed E-state index contributed by atoms with van der Waals surface area (Å²) in [5.74, 6) is 0. The number of hydrogen-bond donors (Lipinski definition) is 0. The topological polar surface area (TPSA) is 3.24 Å². The molecule has 0 aliphatic rings. The highest BCUT2D eigenvalue weighted by molar-refractivity contribution is 4.09. The molecule has 0 atom stereocenters. The fourth-order valence-corrected chi connectivity index (χ4v) is 0. The number of rotatable bonds is 0. The van der Waals surface area contributed by atoms with Crippen molar-refractivity contribution in [2.24, 2.45) is 0 Å². The molecule has 0 saturated heterocycles. The molecule has 0 aliphatic heterocycles. The van der Waals surface area contributed by atoms with Gasteiger partial charge in [-0.2, -0.15) is 0 Å². The highest BCUT2D eigenvalue weighted by atomic mass is 15.0. The molecule has 0 saturated carbocycles. The Bertz CT molecular complexity index is 29.8. The molecule has 0 spiro atoms. The van der Waals surface area contributed by atoms with Crippen LogP contribution in [0.15, 0.2) is 0 Å². The summed E-state index contributed by atoms with van der Waals surface area (Å²) in [5, 5.41) is 0. The van der Waals surface area contributed by atoms with Gasteiger partial charge in [-0.3, -0.25) is 0 Å². The van der Waals surface area contributed by atoms with Gasteiger partial charge in [0.25, 0.3) is 0 Å². The Morgan fingerprint density at radius 1 is 1.75 bits per heavy atom. The van der Waals surface area contributed by atoms with Gasteiger partial charge in [-0.1, -0.05) is 0 Å². The van der Waals surface area contributed by atoms with Crippen LogP contribution >= 0.6 is 0 Å². The molecule has 0 aromatic rings. The average Bonchev–Trinajstić information content (AvgIpc) is 1.36. The van der Waals surface area contributed by atoms with E-state index >= 15 is 0 Å². The maximum atomic E-state index is 6.62. The third-order valence-electron chi connectivity index (χ3n) is 0. The Morgan fingerprint density at radius 3 is 2.00 bits per heavy atom. The van der Waals surface area contributed by atoms with Crippen LogP contribution in [0.25, 0.3) is 0 Å². The molecule has 0 heterocycles. The summed E-state index contributed by atoms with van der Waals surface area (Å²) in [6.45, 7) is -0.815. The molecular formula is C3H9N. The third kappa shape index (κ3) is 1130. The fourth-order valence-electron chi connectivity index (χ4n) is 0. The molecular weight excluding hydrogens is 50.0 g/mol. The molecule has 0 aliphatic carbocycles. The van der Waals surface area contributed by atoms with Gasteiger partial charge < -0.3 is 4.90 Å². The van der Waals surface area contributed by atoms with Gasteiger partial charge in [0.15, 0.2) is 0 Å². The minimum Gasteiger partial charge on any atom is -0.312 e. The van der Waals surface area contributed by atoms with E-state index < -0.39 is 7.00 Å². The van der Waals surface area contributed by atoms with Crippen molar-refractivity contribution < 1.29 is 2.74 Å². The molecule has 26 valence electrons. The quantitative estimate of drug-likeness (QED) is 0.386. The van der Waals surface area contributed by atoms with E-state index in [1.807, 2.05) is 0 Å². The summed E-state index contributed by atoms with van der Waals surface area (Å²) in [5.41, 5.74) is 0. The van der Waals surface area contributed by atoms with Gasteiger partial charge in [-0.25, -0.2) is 0 Å². The summed E-state index contributed by atoms with van der Waals surface area (Å²) in [6, 6.07) is 0. The molecule has 0 amide bonds. The second-order valence-electron chi connectivity index (χ2n) is 0.964. The lowest BCUT2D eigenvalue weighted by Gasteiger charge is -1.90. The van der Waals surface area contributed by atoms with Crippen molar-refractivity contribution in [3.05, 3.63) is 0 Å². The lowest BCUT2D eigenvalue weighted by Crippen LogP contribution is -1.99. The van der Waals surface area contributed by atoms with Gasteiger partial charge in [-0.15, -0.1) is 0 Å². The van der Waals surface area contributed by atoms with Crippen molar-refractivity contribution in [2.45, 2.75) is 0 Å². The predicted octanol–water partition coefficient (Wildman–Crippen LogP) is 0.178. The van der Waals surface area contributed by atoms with Crippen LogP contribution in [0, 0.1) is 0 Å². The van der Waals surface area contributed by atoms with Gasteiger partial charge in [0.1, 0.15) is 0 Å². The Labute approximate surface area is 30.0 Å². The largest absolute Gasteiger partial charge is 0.312 e. The highest BCUT2D eigenvalue weighted by Crippen LogP contribution is 1.47. The summed E-state index contributed by atoms with van der Waals surface area (Å²) >= 11 is 0. The zero-order valence-electron chi connectivity index (χ0n) is 5.02. The van der Waals surface area contributed by atoms with E-state index in [9.17, 15) is 0 Å². The van der Waals surface area contributed by atoms with E-state index in [0.29, 0.717) is 0 Å². The van der Waals surface area contributed by atoms with Gasteiger partial charge in [0.05, 0.1) is 0 Å². The average molecular weight is 61.1 g/mol. The molecule has 0 radical (unpaired) electrons. The van der Waals surface area contributed by atoms with Crippen molar-refractivity contribution >= 4 is 0 Å². The van der Waals surface area contributed by atoms with Crippen LogP contribution in [-0.2, 0) is 0 Å². The fraction of sp³-hybridized carbons (Fsp3) is 1.00. The molecule has 0 aromatic heterocycles. The van der Waals surface area contributed by atoms with Crippen LogP contribution in [0.1, 0.15) is 2.74 Å². The van der Waals surface area contributed by atoms with Gasteiger partial charge in [0, 0.05) is 2.74 Å². The van der Waals surface area contributed by atoms with Gasteiger partial charge in [0.2, 0.25) is 0 Å². The summed E-state index contributed by atoms with van der Waals surface area (Å²) in [4.78, 5) is 1.50. The lowest BCUT2D eigenvalue weighted by molar-refractivity contribution is 0.505. The van der Waals surface area contributed by atoms with Crippen LogP contribution < -0.4 is 0 Å². The zero-order valence-corrected chi connectivity index (χ0v) is 3.02. The van der Waals surface area contributed by atoms with E-state index in [1.165, 1.54) is 4.90 Å². The SMILES string of the molecule is [2H]C([2H])N(C)C. The summed E-state index contributed by atoms with van der Waals surface area (Å²) in [7, 11) is 3.40. The van der Waals surface area contributed by atoms with Crippen molar-refractivity contribution in [1.29, 1.82) is 0 Å². The van der Waals surface area contributed by atoms with E-state index in [0.717, 1.165) is 0 Å². The Hall–Kier alpha value is -0.0400. The van der Waals surface area contributed by atoms with Crippen LogP contribution in [0.2, 0.25) is 0 Å². The summed E-state index contributed by atoms with van der Waals surface area (Å²) in [6.07, 6.45) is 0. The Morgan fingerprint density at radius 2 is 2.00 bits per heavy atom. The standard InChI is InChI=1S/C3H9N/c1-4(2)3/h1-3H3/i1D2. The molecule has 0 unspecified atom stereocenters. The minimum absolute atomic E-state index is 0.815. The second kappa shape index (κ2) is 1.30. The molecule has 0 rings (SSSR count). The Kier molecular flexibility index (Phi) is 0.458. The molecule has 0 bridgehead atoms. The molecule has 0 N–H and O–H groups in total.